The number of carbonyl (C=O) groups excluding carboxylic acids is 2. The van der Waals surface area contributed by atoms with Crippen LogP contribution in [0.15, 0.2) is 24.3 Å². The topological polar surface area (TPSA) is 64.6 Å². The number of hydrogen-bond donors (Lipinski definition) is 1. The lowest BCUT2D eigenvalue weighted by Gasteiger charge is -2.08. The number of ether oxygens (including phenoxy) is 2. The Morgan fingerprint density at radius 3 is 2.62 bits per heavy atom. The maximum atomic E-state index is 11.2. The van der Waals surface area contributed by atoms with Gasteiger partial charge < -0.3 is 9.47 Å². The Hall–Kier alpha value is -2.04. The third-order valence-electron chi connectivity index (χ3n) is 1.79. The van der Waals surface area contributed by atoms with Gasteiger partial charge in [0, 0.05) is 6.92 Å². The standard InChI is InChI=1S/C11H13NO4/c1-8-5-3-4-6-10(8)16-11(14)12-7-15-9(2)13/h3-6H,7H2,1-2H3,(H,12,14). The first kappa shape index (κ1) is 12.0. The van der Waals surface area contributed by atoms with E-state index in [1.807, 2.05) is 19.1 Å². The first-order valence-corrected chi connectivity index (χ1v) is 4.74. The second-order valence-corrected chi connectivity index (χ2v) is 3.11. The summed E-state index contributed by atoms with van der Waals surface area (Å²) in [5.74, 6) is 0.0130. The molecule has 0 unspecified atom stereocenters. The van der Waals surface area contributed by atoms with Gasteiger partial charge in [0.25, 0.3) is 0 Å². The Morgan fingerprint density at radius 1 is 1.31 bits per heavy atom. The fourth-order valence-corrected chi connectivity index (χ4v) is 1.00. The van der Waals surface area contributed by atoms with E-state index >= 15 is 0 Å². The number of para-hydroxylation sites is 1. The van der Waals surface area contributed by atoms with Crippen molar-refractivity contribution in [1.82, 2.24) is 5.32 Å². The van der Waals surface area contributed by atoms with E-state index in [4.69, 9.17) is 4.74 Å². The second-order valence-electron chi connectivity index (χ2n) is 3.11. The molecule has 0 fully saturated rings. The quantitative estimate of drug-likeness (QED) is 0.624. The third-order valence-corrected chi connectivity index (χ3v) is 1.79. The molecule has 1 aromatic carbocycles. The molecule has 0 atom stereocenters. The van der Waals surface area contributed by atoms with E-state index in [2.05, 4.69) is 10.1 Å². The smallest absolute Gasteiger partial charge is 0.415 e. The Morgan fingerprint density at radius 2 is 2.00 bits per heavy atom. The van der Waals surface area contributed by atoms with E-state index in [0.717, 1.165) is 5.56 Å². The van der Waals surface area contributed by atoms with Crippen molar-refractivity contribution in [1.29, 1.82) is 0 Å². The average Bonchev–Trinajstić information content (AvgIpc) is 2.21. The van der Waals surface area contributed by atoms with Crippen molar-refractivity contribution >= 4 is 12.1 Å². The van der Waals surface area contributed by atoms with Crippen LogP contribution in [0.5, 0.6) is 5.75 Å². The minimum Gasteiger partial charge on any atom is -0.444 e. The van der Waals surface area contributed by atoms with Crippen LogP contribution in [-0.4, -0.2) is 18.8 Å². The fourth-order valence-electron chi connectivity index (χ4n) is 1.00. The number of carbonyl (C=O) groups is 2. The molecule has 0 saturated carbocycles. The lowest BCUT2D eigenvalue weighted by Crippen LogP contribution is -2.30. The molecule has 0 radical (unpaired) electrons. The summed E-state index contributed by atoms with van der Waals surface area (Å²) in [7, 11) is 0. The van der Waals surface area contributed by atoms with E-state index in [0.29, 0.717) is 5.75 Å². The highest BCUT2D eigenvalue weighted by atomic mass is 16.6. The summed E-state index contributed by atoms with van der Waals surface area (Å²) in [5, 5.41) is 2.29. The molecule has 0 heterocycles. The summed E-state index contributed by atoms with van der Waals surface area (Å²) in [4.78, 5) is 21.6. The van der Waals surface area contributed by atoms with Crippen LogP contribution < -0.4 is 10.1 Å². The molecule has 1 aromatic rings. The van der Waals surface area contributed by atoms with Crippen molar-refractivity contribution in [2.75, 3.05) is 6.73 Å². The highest BCUT2D eigenvalue weighted by Crippen LogP contribution is 2.15. The van der Waals surface area contributed by atoms with Crippen molar-refractivity contribution in [2.45, 2.75) is 13.8 Å². The summed E-state index contributed by atoms with van der Waals surface area (Å²) < 4.78 is 9.52. The molecule has 0 aliphatic carbocycles. The molecule has 0 aliphatic heterocycles. The normalized spacial score (nSPS) is 9.38. The predicted molar refractivity (Wildman–Crippen MR) is 57.0 cm³/mol. The van der Waals surface area contributed by atoms with Crippen LogP contribution in [0.2, 0.25) is 0 Å². The largest absolute Gasteiger partial charge is 0.444 e. The lowest BCUT2D eigenvalue weighted by molar-refractivity contribution is -0.141. The molecular formula is C11H13NO4. The summed E-state index contributed by atoms with van der Waals surface area (Å²) in [6.07, 6.45) is -0.657. The van der Waals surface area contributed by atoms with Gasteiger partial charge in [-0.1, -0.05) is 18.2 Å². The molecule has 1 rings (SSSR count). The molecule has 86 valence electrons. The maximum Gasteiger partial charge on any atom is 0.415 e. The molecule has 1 amide bonds. The monoisotopic (exact) mass is 223 g/mol. The molecule has 1 N–H and O–H groups in total. The maximum absolute atomic E-state index is 11.2. The average molecular weight is 223 g/mol. The van der Waals surface area contributed by atoms with Crippen molar-refractivity contribution in [2.24, 2.45) is 0 Å². The van der Waals surface area contributed by atoms with Gasteiger partial charge in [0.05, 0.1) is 0 Å². The lowest BCUT2D eigenvalue weighted by atomic mass is 10.2. The molecule has 0 aliphatic rings. The van der Waals surface area contributed by atoms with Crippen LogP contribution in [0.3, 0.4) is 0 Å². The van der Waals surface area contributed by atoms with Gasteiger partial charge in [0.15, 0.2) is 6.73 Å². The summed E-state index contributed by atoms with van der Waals surface area (Å²) in [5.41, 5.74) is 0.852. The highest BCUT2D eigenvalue weighted by Gasteiger charge is 2.05. The molecular weight excluding hydrogens is 210 g/mol. The van der Waals surface area contributed by atoms with Crippen LogP contribution >= 0.6 is 0 Å². The van der Waals surface area contributed by atoms with Gasteiger partial charge in [-0.25, -0.2) is 4.79 Å². The van der Waals surface area contributed by atoms with E-state index in [-0.39, 0.29) is 6.73 Å². The minimum absolute atomic E-state index is 0.194. The van der Waals surface area contributed by atoms with Gasteiger partial charge >= 0.3 is 12.1 Å². The van der Waals surface area contributed by atoms with Gasteiger partial charge in [0.2, 0.25) is 0 Å². The van der Waals surface area contributed by atoms with Crippen LogP contribution in [-0.2, 0) is 9.53 Å². The first-order chi connectivity index (χ1) is 7.59. The predicted octanol–water partition coefficient (Wildman–Crippen LogP) is 1.60. The van der Waals surface area contributed by atoms with Crippen molar-refractivity contribution in [3.63, 3.8) is 0 Å². The van der Waals surface area contributed by atoms with Crippen molar-refractivity contribution in [3.8, 4) is 5.75 Å². The molecule has 0 spiro atoms. The zero-order valence-electron chi connectivity index (χ0n) is 9.15. The third kappa shape index (κ3) is 4.00. The van der Waals surface area contributed by atoms with Gasteiger partial charge in [-0.05, 0) is 18.6 Å². The molecule has 16 heavy (non-hydrogen) atoms. The van der Waals surface area contributed by atoms with E-state index < -0.39 is 12.1 Å². The summed E-state index contributed by atoms with van der Waals surface area (Å²) >= 11 is 0. The molecule has 5 heteroatoms. The van der Waals surface area contributed by atoms with Crippen LogP contribution in [0.25, 0.3) is 0 Å². The van der Waals surface area contributed by atoms with Gasteiger partial charge in [0.1, 0.15) is 5.75 Å². The Labute approximate surface area is 93.4 Å². The van der Waals surface area contributed by atoms with Crippen LogP contribution in [0.1, 0.15) is 12.5 Å². The van der Waals surface area contributed by atoms with Gasteiger partial charge in [-0.2, -0.15) is 0 Å². The Kier molecular flexibility index (Phi) is 4.32. The molecule has 0 aromatic heterocycles. The zero-order valence-corrected chi connectivity index (χ0v) is 9.15. The Balaban J connectivity index is 2.40. The number of esters is 1. The van der Waals surface area contributed by atoms with E-state index in [1.165, 1.54) is 6.92 Å². The SMILES string of the molecule is CC(=O)OCNC(=O)Oc1ccccc1C. The fraction of sp³-hybridized carbons (Fsp3) is 0.273. The highest BCUT2D eigenvalue weighted by molar-refractivity contribution is 5.71. The van der Waals surface area contributed by atoms with E-state index in [1.54, 1.807) is 12.1 Å². The Bertz CT molecular complexity index is 389. The van der Waals surface area contributed by atoms with Crippen LogP contribution in [0, 0.1) is 6.92 Å². The number of nitrogens with one attached hydrogen (secondary N) is 1. The number of rotatable bonds is 3. The zero-order chi connectivity index (χ0) is 12.0. The van der Waals surface area contributed by atoms with E-state index in [9.17, 15) is 9.59 Å². The molecule has 0 saturated heterocycles. The first-order valence-electron chi connectivity index (χ1n) is 4.74. The molecule has 5 nitrogen and oxygen atoms in total. The number of aryl methyl sites for hydroxylation is 1. The van der Waals surface area contributed by atoms with Gasteiger partial charge in [-0.15, -0.1) is 0 Å². The molecule has 0 bridgehead atoms. The summed E-state index contributed by atoms with van der Waals surface area (Å²) in [6.45, 7) is 2.89. The minimum atomic E-state index is -0.657. The second kappa shape index (κ2) is 5.75. The number of benzene rings is 1. The summed E-state index contributed by atoms with van der Waals surface area (Å²) in [6, 6.07) is 7.12. The number of amides is 1. The van der Waals surface area contributed by atoms with Crippen LogP contribution in [0.4, 0.5) is 4.79 Å². The van der Waals surface area contributed by atoms with Gasteiger partial charge in [-0.3, -0.25) is 10.1 Å². The van der Waals surface area contributed by atoms with Crippen molar-refractivity contribution < 1.29 is 19.1 Å². The van der Waals surface area contributed by atoms with Crippen molar-refractivity contribution in [3.05, 3.63) is 29.8 Å². The number of hydrogen-bond acceptors (Lipinski definition) is 4.